The molecule has 0 amide bonds. The van der Waals surface area contributed by atoms with Crippen molar-refractivity contribution < 1.29 is 0 Å². The Morgan fingerprint density at radius 1 is 1.23 bits per heavy atom. The van der Waals surface area contributed by atoms with E-state index in [1.165, 1.54) is 31.2 Å². The van der Waals surface area contributed by atoms with Crippen LogP contribution in [0.15, 0.2) is 24.5 Å². The van der Waals surface area contributed by atoms with E-state index in [1.807, 2.05) is 18.5 Å². The minimum Gasteiger partial charge on any atom is -0.328 e. The Kier molecular flexibility index (Phi) is 2.60. The Labute approximate surface area is 79.2 Å². The summed E-state index contributed by atoms with van der Waals surface area (Å²) in [5, 5.41) is 0. The van der Waals surface area contributed by atoms with Crippen molar-refractivity contribution in [1.82, 2.24) is 4.98 Å². The monoisotopic (exact) mass is 176 g/mol. The zero-order valence-electron chi connectivity index (χ0n) is 7.82. The van der Waals surface area contributed by atoms with E-state index < -0.39 is 0 Å². The average Bonchev–Trinajstić information content (AvgIpc) is 2.20. The van der Waals surface area contributed by atoms with Crippen LogP contribution in [0.3, 0.4) is 0 Å². The van der Waals surface area contributed by atoms with Crippen LogP contribution in [-0.4, -0.2) is 11.0 Å². The third-order valence-electron chi connectivity index (χ3n) is 2.93. The van der Waals surface area contributed by atoms with E-state index in [0.717, 1.165) is 0 Å². The van der Waals surface area contributed by atoms with Gasteiger partial charge in [0.1, 0.15) is 0 Å². The van der Waals surface area contributed by atoms with Gasteiger partial charge in [-0.25, -0.2) is 0 Å². The second-order valence-corrected chi connectivity index (χ2v) is 3.90. The maximum absolute atomic E-state index is 5.86. The van der Waals surface area contributed by atoms with Gasteiger partial charge < -0.3 is 5.73 Å². The van der Waals surface area contributed by atoms with Gasteiger partial charge in [-0.1, -0.05) is 6.07 Å². The van der Waals surface area contributed by atoms with Gasteiger partial charge >= 0.3 is 0 Å². The van der Waals surface area contributed by atoms with Crippen molar-refractivity contribution in [2.45, 2.75) is 37.6 Å². The minimum absolute atomic E-state index is 0.438. The standard InChI is InChI=1S/C11H16N2/c12-11-5-3-9(4-6-11)10-2-1-7-13-8-10/h1-2,7-9,11H,3-6,12H2. The summed E-state index contributed by atoms with van der Waals surface area (Å²) < 4.78 is 0. The lowest BCUT2D eigenvalue weighted by Crippen LogP contribution is -2.25. The van der Waals surface area contributed by atoms with Crippen molar-refractivity contribution in [3.8, 4) is 0 Å². The predicted octanol–water partition coefficient (Wildman–Crippen LogP) is 2.07. The van der Waals surface area contributed by atoms with Gasteiger partial charge in [-0.15, -0.1) is 0 Å². The smallest absolute Gasteiger partial charge is 0.0302 e. The molecule has 0 unspecified atom stereocenters. The Bertz CT molecular complexity index is 250. The second-order valence-electron chi connectivity index (χ2n) is 3.90. The molecule has 2 N–H and O–H groups in total. The Morgan fingerprint density at radius 2 is 2.00 bits per heavy atom. The van der Waals surface area contributed by atoms with Crippen molar-refractivity contribution in [2.75, 3.05) is 0 Å². The number of rotatable bonds is 1. The molecule has 2 rings (SSSR count). The SMILES string of the molecule is NC1CCC(c2cccnc2)CC1. The fraction of sp³-hybridized carbons (Fsp3) is 0.545. The van der Waals surface area contributed by atoms with Gasteiger partial charge in [0, 0.05) is 18.4 Å². The van der Waals surface area contributed by atoms with E-state index in [1.54, 1.807) is 0 Å². The lowest BCUT2D eigenvalue weighted by Gasteiger charge is -2.25. The van der Waals surface area contributed by atoms with Crippen molar-refractivity contribution >= 4 is 0 Å². The van der Waals surface area contributed by atoms with Gasteiger partial charge in [0.2, 0.25) is 0 Å². The minimum atomic E-state index is 0.438. The van der Waals surface area contributed by atoms with Gasteiger partial charge in [0.25, 0.3) is 0 Å². The third-order valence-corrected chi connectivity index (χ3v) is 2.93. The van der Waals surface area contributed by atoms with E-state index in [2.05, 4.69) is 11.1 Å². The zero-order chi connectivity index (χ0) is 9.10. The molecule has 1 aliphatic rings. The molecule has 1 aliphatic carbocycles. The third kappa shape index (κ3) is 2.07. The van der Waals surface area contributed by atoms with Crippen LogP contribution >= 0.6 is 0 Å². The molecule has 0 aromatic carbocycles. The highest BCUT2D eigenvalue weighted by molar-refractivity contribution is 5.15. The van der Waals surface area contributed by atoms with Crippen LogP contribution in [0.1, 0.15) is 37.2 Å². The van der Waals surface area contributed by atoms with Gasteiger partial charge in [0.05, 0.1) is 0 Å². The normalized spacial score (nSPS) is 28.7. The van der Waals surface area contributed by atoms with E-state index in [-0.39, 0.29) is 0 Å². The maximum atomic E-state index is 5.86. The summed E-state index contributed by atoms with van der Waals surface area (Å²) in [6.07, 6.45) is 8.61. The van der Waals surface area contributed by atoms with Crippen LogP contribution in [-0.2, 0) is 0 Å². The van der Waals surface area contributed by atoms with Crippen molar-refractivity contribution in [3.05, 3.63) is 30.1 Å². The van der Waals surface area contributed by atoms with Crippen LogP contribution in [0.4, 0.5) is 0 Å². The summed E-state index contributed by atoms with van der Waals surface area (Å²) in [7, 11) is 0. The molecular weight excluding hydrogens is 160 g/mol. The van der Waals surface area contributed by atoms with Crippen LogP contribution in [0.5, 0.6) is 0 Å². The largest absolute Gasteiger partial charge is 0.328 e. The highest BCUT2D eigenvalue weighted by atomic mass is 14.6. The molecule has 1 heterocycles. The zero-order valence-corrected chi connectivity index (χ0v) is 7.82. The quantitative estimate of drug-likeness (QED) is 0.711. The predicted molar refractivity (Wildman–Crippen MR) is 53.4 cm³/mol. The van der Waals surface area contributed by atoms with E-state index in [0.29, 0.717) is 12.0 Å². The number of pyridine rings is 1. The molecule has 70 valence electrons. The molecule has 0 spiro atoms. The fourth-order valence-corrected chi connectivity index (χ4v) is 2.07. The fourth-order valence-electron chi connectivity index (χ4n) is 2.07. The number of hydrogen-bond acceptors (Lipinski definition) is 2. The summed E-state index contributed by atoms with van der Waals surface area (Å²) in [5.74, 6) is 0.702. The highest BCUT2D eigenvalue weighted by Crippen LogP contribution is 2.31. The molecule has 2 heteroatoms. The molecule has 0 saturated heterocycles. The van der Waals surface area contributed by atoms with Gasteiger partial charge in [-0.3, -0.25) is 4.98 Å². The second kappa shape index (κ2) is 3.88. The number of hydrogen-bond donors (Lipinski definition) is 1. The Balaban J connectivity index is 2.03. The molecule has 2 nitrogen and oxygen atoms in total. The summed E-state index contributed by atoms with van der Waals surface area (Å²) >= 11 is 0. The lowest BCUT2D eigenvalue weighted by molar-refractivity contribution is 0.395. The van der Waals surface area contributed by atoms with E-state index in [4.69, 9.17) is 5.73 Å². The number of aromatic nitrogens is 1. The molecule has 1 fully saturated rings. The van der Waals surface area contributed by atoms with E-state index >= 15 is 0 Å². The first kappa shape index (κ1) is 8.70. The number of nitrogens with zero attached hydrogens (tertiary/aromatic N) is 1. The van der Waals surface area contributed by atoms with Crippen molar-refractivity contribution in [1.29, 1.82) is 0 Å². The Hall–Kier alpha value is -0.890. The summed E-state index contributed by atoms with van der Waals surface area (Å²) in [4.78, 5) is 4.15. The topological polar surface area (TPSA) is 38.9 Å². The van der Waals surface area contributed by atoms with Gasteiger partial charge in [-0.2, -0.15) is 0 Å². The molecule has 0 atom stereocenters. The van der Waals surface area contributed by atoms with Crippen LogP contribution in [0, 0.1) is 0 Å². The van der Waals surface area contributed by atoms with E-state index in [9.17, 15) is 0 Å². The first-order valence-electron chi connectivity index (χ1n) is 5.02. The number of nitrogens with two attached hydrogens (primary N) is 1. The van der Waals surface area contributed by atoms with Crippen molar-refractivity contribution in [3.63, 3.8) is 0 Å². The molecule has 1 aromatic rings. The summed E-state index contributed by atoms with van der Waals surface area (Å²) in [6, 6.07) is 4.63. The summed E-state index contributed by atoms with van der Waals surface area (Å²) in [6.45, 7) is 0. The van der Waals surface area contributed by atoms with Crippen LogP contribution in [0.2, 0.25) is 0 Å². The molecule has 1 aromatic heterocycles. The molecule has 1 saturated carbocycles. The first-order chi connectivity index (χ1) is 6.36. The molecule has 0 radical (unpaired) electrons. The Morgan fingerprint density at radius 3 is 2.62 bits per heavy atom. The van der Waals surface area contributed by atoms with Crippen LogP contribution in [0.25, 0.3) is 0 Å². The van der Waals surface area contributed by atoms with Gasteiger partial charge in [0.15, 0.2) is 0 Å². The lowest BCUT2D eigenvalue weighted by atomic mass is 9.83. The highest BCUT2D eigenvalue weighted by Gasteiger charge is 2.19. The molecule has 0 bridgehead atoms. The maximum Gasteiger partial charge on any atom is 0.0302 e. The summed E-state index contributed by atoms with van der Waals surface area (Å²) in [5.41, 5.74) is 7.24. The molecular formula is C11H16N2. The first-order valence-corrected chi connectivity index (χ1v) is 5.02. The van der Waals surface area contributed by atoms with Crippen LogP contribution < -0.4 is 5.73 Å². The molecule has 0 aliphatic heterocycles. The van der Waals surface area contributed by atoms with Crippen molar-refractivity contribution in [2.24, 2.45) is 5.73 Å². The van der Waals surface area contributed by atoms with Gasteiger partial charge in [-0.05, 0) is 43.2 Å². The average molecular weight is 176 g/mol. The molecule has 13 heavy (non-hydrogen) atoms.